The number of halogens is 1. The average Bonchev–Trinajstić information content (AvgIpc) is 3.08. The molecule has 0 atom stereocenters. The molecule has 0 spiro atoms. The zero-order valence-electron chi connectivity index (χ0n) is 15.6. The summed E-state index contributed by atoms with van der Waals surface area (Å²) in [6, 6.07) is 6.86. The van der Waals surface area contributed by atoms with Crippen LogP contribution in [0.4, 0.5) is 10.1 Å². The number of methoxy groups -OCH3 is 2. The minimum atomic E-state index is -4.23. The Kier molecular flexibility index (Phi) is 5.18. The summed E-state index contributed by atoms with van der Waals surface area (Å²) in [6.07, 6.45) is 0. The molecular formula is C17H18FN5O4S. The van der Waals surface area contributed by atoms with Gasteiger partial charge in [0.15, 0.2) is 17.3 Å². The van der Waals surface area contributed by atoms with Crippen LogP contribution >= 0.6 is 0 Å². The summed E-state index contributed by atoms with van der Waals surface area (Å²) >= 11 is 0. The number of rotatable bonds is 6. The van der Waals surface area contributed by atoms with Crippen LogP contribution in [0.5, 0.6) is 11.5 Å². The normalized spacial score (nSPS) is 11.3. The monoisotopic (exact) mass is 407 g/mol. The highest BCUT2D eigenvalue weighted by molar-refractivity contribution is 7.92. The van der Waals surface area contributed by atoms with E-state index < -0.39 is 20.7 Å². The van der Waals surface area contributed by atoms with Gasteiger partial charge in [-0.15, -0.1) is 5.10 Å². The highest BCUT2D eigenvalue weighted by atomic mass is 32.2. The topological polar surface area (TPSA) is 108 Å². The van der Waals surface area contributed by atoms with Crippen molar-refractivity contribution in [2.45, 2.75) is 18.7 Å². The smallest absolute Gasteiger partial charge is 0.264 e. The van der Waals surface area contributed by atoms with Crippen molar-refractivity contribution in [3.05, 3.63) is 47.5 Å². The summed E-state index contributed by atoms with van der Waals surface area (Å²) in [7, 11) is -1.57. The molecule has 9 nitrogen and oxygen atoms in total. The Morgan fingerprint density at radius 3 is 2.36 bits per heavy atom. The quantitative estimate of drug-likeness (QED) is 0.667. The van der Waals surface area contributed by atoms with Gasteiger partial charge in [0.05, 0.1) is 25.6 Å². The molecule has 1 aromatic heterocycles. The average molecular weight is 407 g/mol. The van der Waals surface area contributed by atoms with Crippen LogP contribution < -0.4 is 14.2 Å². The van der Waals surface area contributed by atoms with E-state index in [1.807, 2.05) is 6.92 Å². The number of ether oxygens (including phenoxy) is 2. The minimum Gasteiger partial charge on any atom is -0.493 e. The van der Waals surface area contributed by atoms with E-state index >= 15 is 0 Å². The molecular weight excluding hydrogens is 389 g/mol. The van der Waals surface area contributed by atoms with Gasteiger partial charge in [0.2, 0.25) is 0 Å². The number of nitrogens with zero attached hydrogens (tertiary/aromatic N) is 4. The molecule has 0 aliphatic carbocycles. The second kappa shape index (κ2) is 7.43. The van der Waals surface area contributed by atoms with Gasteiger partial charge < -0.3 is 9.47 Å². The van der Waals surface area contributed by atoms with Crippen molar-refractivity contribution in [3.63, 3.8) is 0 Å². The lowest BCUT2D eigenvalue weighted by atomic mass is 10.2. The van der Waals surface area contributed by atoms with Gasteiger partial charge in [0, 0.05) is 12.1 Å². The SMILES string of the molecule is COc1cc(F)c(S(=O)(=O)Nc2ccc(C)c(-n3nnnc3C)c2)cc1OC. The second-order valence-electron chi connectivity index (χ2n) is 5.88. The summed E-state index contributed by atoms with van der Waals surface area (Å²) < 4.78 is 53.8. The Morgan fingerprint density at radius 2 is 1.75 bits per heavy atom. The van der Waals surface area contributed by atoms with Crippen LogP contribution in [0.1, 0.15) is 11.4 Å². The zero-order chi connectivity index (χ0) is 20.5. The summed E-state index contributed by atoms with van der Waals surface area (Å²) in [5.41, 5.74) is 1.65. The van der Waals surface area contributed by atoms with E-state index in [0.29, 0.717) is 11.5 Å². The first-order valence-electron chi connectivity index (χ1n) is 8.07. The highest BCUT2D eigenvalue weighted by Crippen LogP contribution is 2.33. The molecule has 0 unspecified atom stereocenters. The third-order valence-electron chi connectivity index (χ3n) is 4.04. The van der Waals surface area contributed by atoms with Crippen LogP contribution in [-0.4, -0.2) is 42.8 Å². The van der Waals surface area contributed by atoms with Crippen LogP contribution in [0, 0.1) is 19.7 Å². The highest BCUT2D eigenvalue weighted by Gasteiger charge is 2.23. The van der Waals surface area contributed by atoms with E-state index in [4.69, 9.17) is 9.47 Å². The van der Waals surface area contributed by atoms with Gasteiger partial charge in [-0.2, -0.15) is 4.68 Å². The molecule has 1 N–H and O–H groups in total. The van der Waals surface area contributed by atoms with Crippen LogP contribution in [-0.2, 0) is 10.0 Å². The van der Waals surface area contributed by atoms with Gasteiger partial charge in [-0.25, -0.2) is 12.8 Å². The number of anilines is 1. The molecule has 0 aliphatic rings. The molecule has 0 saturated carbocycles. The molecule has 0 amide bonds. The Hall–Kier alpha value is -3.21. The number of nitrogens with one attached hydrogen (secondary N) is 1. The van der Waals surface area contributed by atoms with Crippen molar-refractivity contribution < 1.29 is 22.3 Å². The number of tetrazole rings is 1. The lowest BCUT2D eigenvalue weighted by Gasteiger charge is -2.14. The van der Waals surface area contributed by atoms with Crippen molar-refractivity contribution in [1.29, 1.82) is 0 Å². The molecule has 0 fully saturated rings. The standard InChI is InChI=1S/C17H18FN5O4S/c1-10-5-6-12(7-14(10)23-11(2)19-21-22-23)20-28(24,25)17-9-16(27-4)15(26-3)8-13(17)18/h5-9,20H,1-4H3. The van der Waals surface area contributed by atoms with E-state index in [9.17, 15) is 12.8 Å². The van der Waals surface area contributed by atoms with E-state index in [-0.39, 0.29) is 17.2 Å². The van der Waals surface area contributed by atoms with Crippen LogP contribution in [0.3, 0.4) is 0 Å². The van der Waals surface area contributed by atoms with Crippen LogP contribution in [0.2, 0.25) is 0 Å². The predicted molar refractivity (Wildman–Crippen MR) is 98.9 cm³/mol. The van der Waals surface area contributed by atoms with Gasteiger partial charge >= 0.3 is 0 Å². The molecule has 0 radical (unpaired) electrons. The van der Waals surface area contributed by atoms with Crippen LogP contribution in [0.15, 0.2) is 35.2 Å². The first kappa shape index (κ1) is 19.5. The van der Waals surface area contributed by atoms with Gasteiger partial charge in [0.1, 0.15) is 10.7 Å². The lowest BCUT2D eigenvalue weighted by Crippen LogP contribution is -2.15. The molecule has 0 aliphatic heterocycles. The first-order valence-corrected chi connectivity index (χ1v) is 9.55. The number of sulfonamides is 1. The van der Waals surface area contributed by atoms with E-state index in [1.54, 1.807) is 25.1 Å². The largest absolute Gasteiger partial charge is 0.493 e. The Morgan fingerprint density at radius 1 is 1.07 bits per heavy atom. The molecule has 2 aromatic carbocycles. The number of hydrogen-bond donors (Lipinski definition) is 1. The molecule has 11 heteroatoms. The fourth-order valence-corrected chi connectivity index (χ4v) is 3.73. The molecule has 1 heterocycles. The third kappa shape index (κ3) is 3.60. The van der Waals surface area contributed by atoms with Crippen molar-refractivity contribution in [1.82, 2.24) is 20.2 Å². The zero-order valence-corrected chi connectivity index (χ0v) is 16.4. The predicted octanol–water partition coefficient (Wildman–Crippen LogP) is 2.24. The summed E-state index contributed by atoms with van der Waals surface area (Å²) in [5.74, 6) is -0.244. The van der Waals surface area contributed by atoms with Gasteiger partial charge in [-0.1, -0.05) is 6.07 Å². The summed E-state index contributed by atoms with van der Waals surface area (Å²) in [5, 5.41) is 11.3. The Labute approximate surface area is 161 Å². The summed E-state index contributed by atoms with van der Waals surface area (Å²) in [4.78, 5) is -0.564. The molecule has 3 rings (SSSR count). The third-order valence-corrected chi connectivity index (χ3v) is 5.44. The molecule has 28 heavy (non-hydrogen) atoms. The van der Waals surface area contributed by atoms with E-state index in [1.165, 1.54) is 18.9 Å². The Balaban J connectivity index is 2.01. The fraction of sp³-hybridized carbons (Fsp3) is 0.235. The second-order valence-corrected chi connectivity index (χ2v) is 7.53. The maximum absolute atomic E-state index is 14.4. The molecule has 0 saturated heterocycles. The van der Waals surface area contributed by atoms with E-state index in [2.05, 4.69) is 20.2 Å². The summed E-state index contributed by atoms with van der Waals surface area (Å²) in [6.45, 7) is 3.55. The van der Waals surface area contributed by atoms with Gasteiger partial charge in [-0.3, -0.25) is 4.72 Å². The van der Waals surface area contributed by atoms with Gasteiger partial charge in [0.25, 0.3) is 10.0 Å². The van der Waals surface area contributed by atoms with Crippen molar-refractivity contribution >= 4 is 15.7 Å². The van der Waals surface area contributed by atoms with Crippen LogP contribution in [0.25, 0.3) is 5.69 Å². The fourth-order valence-electron chi connectivity index (χ4n) is 2.61. The number of aryl methyl sites for hydroxylation is 2. The maximum atomic E-state index is 14.4. The van der Waals surface area contributed by atoms with E-state index in [0.717, 1.165) is 17.7 Å². The number of hydrogen-bond acceptors (Lipinski definition) is 7. The maximum Gasteiger partial charge on any atom is 0.264 e. The van der Waals surface area contributed by atoms with Gasteiger partial charge in [-0.05, 0) is 42.0 Å². The van der Waals surface area contributed by atoms with Crippen molar-refractivity contribution in [3.8, 4) is 17.2 Å². The van der Waals surface area contributed by atoms with Crippen molar-refractivity contribution in [2.24, 2.45) is 0 Å². The number of benzene rings is 2. The molecule has 148 valence electrons. The minimum absolute atomic E-state index is 0.0886. The number of aromatic nitrogens is 4. The lowest BCUT2D eigenvalue weighted by molar-refractivity contribution is 0.350. The van der Waals surface area contributed by atoms with Crippen molar-refractivity contribution in [2.75, 3.05) is 18.9 Å². The molecule has 3 aromatic rings. The Bertz CT molecular complexity index is 1130. The first-order chi connectivity index (χ1) is 13.3. The molecule has 0 bridgehead atoms.